The Labute approximate surface area is 81.3 Å². The Kier molecular flexibility index (Phi) is 3.19. The molecule has 1 N–H and O–H groups in total. The summed E-state index contributed by atoms with van der Waals surface area (Å²) >= 11 is 5.61. The van der Waals surface area contributed by atoms with Gasteiger partial charge in [0.15, 0.2) is 0 Å². The number of aromatic nitrogens is 2. The van der Waals surface area contributed by atoms with Crippen molar-refractivity contribution in [2.45, 2.75) is 13.8 Å². The van der Waals surface area contributed by atoms with Crippen molar-refractivity contribution in [3.05, 3.63) is 17.5 Å². The fourth-order valence-corrected chi connectivity index (χ4v) is 0.819. The molecule has 0 saturated carbocycles. The smallest absolute Gasteiger partial charge is 0.228 e. The number of carbonyl (C=O) groups is 1. The summed E-state index contributed by atoms with van der Waals surface area (Å²) in [5.74, 6) is 0.266. The second-order valence-electron chi connectivity index (χ2n) is 2.87. The molecule has 5 heteroatoms. The molecule has 0 aliphatic carbocycles. The summed E-state index contributed by atoms with van der Waals surface area (Å²) in [6.45, 7) is 3.61. The molecule has 0 bridgehead atoms. The van der Waals surface area contributed by atoms with E-state index in [4.69, 9.17) is 11.6 Å². The van der Waals surface area contributed by atoms with Crippen LogP contribution in [0, 0.1) is 5.92 Å². The molecule has 0 spiro atoms. The van der Waals surface area contributed by atoms with Crippen LogP contribution in [0.4, 0.5) is 5.82 Å². The first-order valence-corrected chi connectivity index (χ1v) is 4.26. The summed E-state index contributed by atoms with van der Waals surface area (Å²) in [6, 6.07) is 1.50. The number of nitrogens with one attached hydrogen (secondary N) is 1. The second-order valence-corrected chi connectivity index (χ2v) is 3.26. The summed E-state index contributed by atoms with van der Waals surface area (Å²) in [5, 5.41) is 2.92. The molecule has 13 heavy (non-hydrogen) atoms. The minimum absolute atomic E-state index is 0.0752. The summed E-state index contributed by atoms with van der Waals surface area (Å²) in [5.41, 5.74) is 0. The number of halogens is 1. The number of rotatable bonds is 2. The number of carbonyl (C=O) groups excluding carboxylic acids is 1. The molecule has 0 unspecified atom stereocenters. The van der Waals surface area contributed by atoms with Crippen LogP contribution < -0.4 is 5.32 Å². The number of hydrogen-bond donors (Lipinski definition) is 1. The zero-order valence-corrected chi connectivity index (χ0v) is 8.17. The van der Waals surface area contributed by atoms with Gasteiger partial charge in [0.2, 0.25) is 5.91 Å². The molecule has 0 aliphatic rings. The number of nitrogens with zero attached hydrogens (tertiary/aromatic N) is 2. The molecule has 0 atom stereocenters. The highest BCUT2D eigenvalue weighted by Crippen LogP contribution is 2.09. The van der Waals surface area contributed by atoms with Crippen LogP contribution in [0.15, 0.2) is 12.4 Å². The quantitative estimate of drug-likeness (QED) is 0.738. The summed E-state index contributed by atoms with van der Waals surface area (Å²) < 4.78 is 0. The van der Waals surface area contributed by atoms with Crippen molar-refractivity contribution in [2.24, 2.45) is 5.92 Å². The summed E-state index contributed by atoms with van der Waals surface area (Å²) in [6.07, 6.45) is 1.30. The van der Waals surface area contributed by atoms with Gasteiger partial charge in [-0.05, 0) is 0 Å². The molecular formula is C8H10ClN3O. The third kappa shape index (κ3) is 2.99. The van der Waals surface area contributed by atoms with Gasteiger partial charge in [-0.15, -0.1) is 0 Å². The lowest BCUT2D eigenvalue weighted by Gasteiger charge is -2.05. The Morgan fingerprint density at radius 1 is 1.54 bits per heavy atom. The van der Waals surface area contributed by atoms with E-state index in [2.05, 4.69) is 15.3 Å². The first-order valence-electron chi connectivity index (χ1n) is 3.88. The third-order valence-electron chi connectivity index (χ3n) is 1.41. The van der Waals surface area contributed by atoms with Crippen LogP contribution in [0.3, 0.4) is 0 Å². The Balaban J connectivity index is 2.69. The SMILES string of the molecule is CC(C)C(=O)Nc1cc(Cl)ncn1. The van der Waals surface area contributed by atoms with Gasteiger partial charge in [-0.3, -0.25) is 4.79 Å². The van der Waals surface area contributed by atoms with Crippen molar-refractivity contribution >= 4 is 23.3 Å². The minimum Gasteiger partial charge on any atom is -0.310 e. The van der Waals surface area contributed by atoms with E-state index in [0.29, 0.717) is 11.0 Å². The first kappa shape index (κ1) is 9.92. The summed E-state index contributed by atoms with van der Waals surface area (Å²) in [4.78, 5) is 18.7. The van der Waals surface area contributed by atoms with Gasteiger partial charge in [0.05, 0.1) is 0 Å². The third-order valence-corrected chi connectivity index (χ3v) is 1.62. The van der Waals surface area contributed by atoms with Crippen molar-refractivity contribution in [3.63, 3.8) is 0 Å². The molecule has 1 aromatic heterocycles. The van der Waals surface area contributed by atoms with E-state index in [-0.39, 0.29) is 11.8 Å². The van der Waals surface area contributed by atoms with Gasteiger partial charge in [-0.1, -0.05) is 25.4 Å². The van der Waals surface area contributed by atoms with E-state index in [0.717, 1.165) is 0 Å². The monoisotopic (exact) mass is 199 g/mol. The zero-order chi connectivity index (χ0) is 9.84. The van der Waals surface area contributed by atoms with Crippen molar-refractivity contribution in [2.75, 3.05) is 5.32 Å². The van der Waals surface area contributed by atoms with Gasteiger partial charge in [0.25, 0.3) is 0 Å². The van der Waals surface area contributed by atoms with Gasteiger partial charge < -0.3 is 5.32 Å². The van der Waals surface area contributed by atoms with Crippen LogP contribution in [0.1, 0.15) is 13.8 Å². The van der Waals surface area contributed by atoms with Gasteiger partial charge in [-0.2, -0.15) is 0 Å². The van der Waals surface area contributed by atoms with E-state index in [1.54, 1.807) is 13.8 Å². The molecule has 1 amide bonds. The lowest BCUT2D eigenvalue weighted by molar-refractivity contribution is -0.118. The Morgan fingerprint density at radius 3 is 2.77 bits per heavy atom. The highest BCUT2D eigenvalue weighted by Gasteiger charge is 2.07. The molecule has 1 aromatic rings. The second kappa shape index (κ2) is 4.18. The van der Waals surface area contributed by atoms with Crippen LogP contribution in [0.2, 0.25) is 5.15 Å². The Hall–Kier alpha value is -1.16. The van der Waals surface area contributed by atoms with Crippen molar-refractivity contribution < 1.29 is 4.79 Å². The normalized spacial score (nSPS) is 10.2. The molecular weight excluding hydrogens is 190 g/mol. The van der Waals surface area contributed by atoms with E-state index >= 15 is 0 Å². The number of hydrogen-bond acceptors (Lipinski definition) is 3. The standard InChI is InChI=1S/C8H10ClN3O/c1-5(2)8(13)12-7-3-6(9)10-4-11-7/h3-5H,1-2H3,(H,10,11,12,13). The highest BCUT2D eigenvalue weighted by atomic mass is 35.5. The maximum absolute atomic E-state index is 11.2. The van der Waals surface area contributed by atoms with Gasteiger partial charge in [0.1, 0.15) is 17.3 Å². The van der Waals surface area contributed by atoms with Crippen molar-refractivity contribution in [3.8, 4) is 0 Å². The predicted molar refractivity (Wildman–Crippen MR) is 50.5 cm³/mol. The predicted octanol–water partition coefficient (Wildman–Crippen LogP) is 1.72. The van der Waals surface area contributed by atoms with Gasteiger partial charge in [0, 0.05) is 12.0 Å². The van der Waals surface area contributed by atoms with Crippen LogP contribution in [0.25, 0.3) is 0 Å². The average Bonchev–Trinajstić information content (AvgIpc) is 2.04. The molecule has 0 saturated heterocycles. The van der Waals surface area contributed by atoms with Gasteiger partial charge in [-0.25, -0.2) is 9.97 Å². The molecule has 0 aliphatic heterocycles. The maximum atomic E-state index is 11.2. The lowest BCUT2D eigenvalue weighted by Crippen LogP contribution is -2.18. The van der Waals surface area contributed by atoms with E-state index in [9.17, 15) is 4.79 Å². The van der Waals surface area contributed by atoms with Crippen molar-refractivity contribution in [1.29, 1.82) is 0 Å². The van der Waals surface area contributed by atoms with Crippen LogP contribution in [-0.4, -0.2) is 15.9 Å². The minimum atomic E-state index is -0.0882. The molecule has 1 heterocycles. The summed E-state index contributed by atoms with van der Waals surface area (Å²) in [7, 11) is 0. The van der Waals surface area contributed by atoms with Gasteiger partial charge >= 0.3 is 0 Å². The zero-order valence-electron chi connectivity index (χ0n) is 7.41. The largest absolute Gasteiger partial charge is 0.310 e. The lowest BCUT2D eigenvalue weighted by atomic mass is 10.2. The molecule has 70 valence electrons. The van der Waals surface area contributed by atoms with E-state index in [1.165, 1.54) is 12.4 Å². The topological polar surface area (TPSA) is 54.9 Å². The van der Waals surface area contributed by atoms with E-state index in [1.807, 2.05) is 0 Å². The fraction of sp³-hybridized carbons (Fsp3) is 0.375. The average molecular weight is 200 g/mol. The molecule has 1 rings (SSSR count). The van der Waals surface area contributed by atoms with E-state index < -0.39 is 0 Å². The number of anilines is 1. The maximum Gasteiger partial charge on any atom is 0.228 e. The van der Waals surface area contributed by atoms with Crippen LogP contribution in [0.5, 0.6) is 0 Å². The molecule has 0 fully saturated rings. The van der Waals surface area contributed by atoms with Crippen molar-refractivity contribution in [1.82, 2.24) is 9.97 Å². The first-order chi connectivity index (χ1) is 6.09. The Bertz CT molecular complexity index is 314. The van der Waals surface area contributed by atoms with Crippen LogP contribution >= 0.6 is 11.6 Å². The molecule has 0 aromatic carbocycles. The molecule has 0 radical (unpaired) electrons. The number of amides is 1. The fourth-order valence-electron chi connectivity index (χ4n) is 0.672. The Morgan fingerprint density at radius 2 is 2.23 bits per heavy atom. The molecule has 4 nitrogen and oxygen atoms in total. The highest BCUT2D eigenvalue weighted by molar-refractivity contribution is 6.29. The van der Waals surface area contributed by atoms with Crippen LogP contribution in [-0.2, 0) is 4.79 Å².